The van der Waals surface area contributed by atoms with Gasteiger partial charge in [0.25, 0.3) is 0 Å². The third kappa shape index (κ3) is 5.91. The van der Waals surface area contributed by atoms with Crippen LogP contribution in [0.3, 0.4) is 0 Å². The van der Waals surface area contributed by atoms with Crippen LogP contribution in [0.5, 0.6) is 0 Å². The standard InChI is InChI=1S/C20H24FN3O4S/c21-18-6-1-2-7-19(18)23-11-13-24(14-12-23)29(26,27)16-4-10-22-20(25)9-8-17-5-3-15-28-17/h1-3,5-9,15H,4,10-14,16H2,(H,22,25)/b9-8+. The summed E-state index contributed by atoms with van der Waals surface area (Å²) in [5, 5.41) is 2.66. The normalized spacial score (nSPS) is 15.7. The molecule has 2 heterocycles. The number of hydrogen-bond donors (Lipinski definition) is 1. The summed E-state index contributed by atoms with van der Waals surface area (Å²) in [6, 6.07) is 9.94. The van der Waals surface area contributed by atoms with Crippen LogP contribution < -0.4 is 10.2 Å². The first-order valence-corrected chi connectivity index (χ1v) is 11.0. The molecule has 1 fully saturated rings. The van der Waals surface area contributed by atoms with E-state index in [1.54, 1.807) is 36.4 Å². The zero-order chi connectivity index (χ0) is 20.7. The highest BCUT2D eigenvalue weighted by Crippen LogP contribution is 2.21. The van der Waals surface area contributed by atoms with Crippen LogP contribution >= 0.6 is 0 Å². The summed E-state index contributed by atoms with van der Waals surface area (Å²) in [7, 11) is -3.42. The fraction of sp³-hybridized carbons (Fsp3) is 0.350. The second kappa shape index (κ2) is 9.71. The van der Waals surface area contributed by atoms with Crippen LogP contribution in [-0.2, 0) is 14.8 Å². The van der Waals surface area contributed by atoms with Gasteiger partial charge in [-0.25, -0.2) is 12.8 Å². The number of benzene rings is 1. The van der Waals surface area contributed by atoms with Crippen molar-refractivity contribution in [1.29, 1.82) is 0 Å². The van der Waals surface area contributed by atoms with Gasteiger partial charge >= 0.3 is 0 Å². The van der Waals surface area contributed by atoms with Gasteiger partial charge < -0.3 is 14.6 Å². The number of sulfonamides is 1. The molecular weight excluding hydrogens is 397 g/mol. The van der Waals surface area contributed by atoms with Gasteiger partial charge in [-0.2, -0.15) is 4.31 Å². The number of hydrogen-bond acceptors (Lipinski definition) is 5. The number of rotatable bonds is 8. The van der Waals surface area contributed by atoms with Crippen molar-refractivity contribution in [3.05, 3.63) is 60.3 Å². The topological polar surface area (TPSA) is 82.9 Å². The molecule has 0 atom stereocenters. The average Bonchev–Trinajstić information content (AvgIpc) is 3.24. The quantitative estimate of drug-likeness (QED) is 0.521. The molecule has 1 amide bonds. The number of para-hydroxylation sites is 1. The summed E-state index contributed by atoms with van der Waals surface area (Å²) < 4.78 is 45.4. The summed E-state index contributed by atoms with van der Waals surface area (Å²) in [5.41, 5.74) is 0.495. The van der Waals surface area contributed by atoms with Gasteiger partial charge in [0.05, 0.1) is 17.7 Å². The number of nitrogens with one attached hydrogen (secondary N) is 1. The second-order valence-electron chi connectivity index (χ2n) is 6.65. The summed E-state index contributed by atoms with van der Waals surface area (Å²) in [4.78, 5) is 13.6. The molecule has 0 radical (unpaired) electrons. The highest BCUT2D eigenvalue weighted by molar-refractivity contribution is 7.89. The van der Waals surface area contributed by atoms with Crippen molar-refractivity contribution < 1.29 is 22.0 Å². The molecule has 1 aliphatic rings. The Bertz CT molecular complexity index is 936. The highest BCUT2D eigenvalue weighted by atomic mass is 32.2. The predicted octanol–water partition coefficient (Wildman–Crippen LogP) is 2.09. The van der Waals surface area contributed by atoms with Crippen LogP contribution in [0.1, 0.15) is 12.2 Å². The number of carbonyl (C=O) groups is 1. The Kier molecular flexibility index (Phi) is 7.05. The van der Waals surface area contributed by atoms with E-state index in [-0.39, 0.29) is 24.0 Å². The van der Waals surface area contributed by atoms with E-state index in [0.717, 1.165) is 0 Å². The Morgan fingerprint density at radius 3 is 2.59 bits per heavy atom. The first-order valence-electron chi connectivity index (χ1n) is 9.42. The SMILES string of the molecule is O=C(/C=C/c1ccco1)NCCCS(=O)(=O)N1CCN(c2ccccc2F)CC1. The van der Waals surface area contributed by atoms with E-state index in [1.807, 2.05) is 4.90 Å². The molecule has 1 aromatic carbocycles. The van der Waals surface area contributed by atoms with Crippen molar-refractivity contribution in [1.82, 2.24) is 9.62 Å². The van der Waals surface area contributed by atoms with Crippen LogP contribution in [0, 0.1) is 5.82 Å². The molecule has 1 N–H and O–H groups in total. The van der Waals surface area contributed by atoms with Crippen LogP contribution in [0.2, 0.25) is 0 Å². The molecule has 1 saturated heterocycles. The summed E-state index contributed by atoms with van der Waals surface area (Å²) in [6.07, 6.45) is 4.71. The van der Waals surface area contributed by atoms with E-state index >= 15 is 0 Å². The van der Waals surface area contributed by atoms with Crippen molar-refractivity contribution in [2.45, 2.75) is 6.42 Å². The van der Waals surface area contributed by atoms with E-state index in [0.29, 0.717) is 44.0 Å². The lowest BCUT2D eigenvalue weighted by Gasteiger charge is -2.35. The Morgan fingerprint density at radius 1 is 1.14 bits per heavy atom. The third-order valence-electron chi connectivity index (χ3n) is 4.65. The van der Waals surface area contributed by atoms with E-state index < -0.39 is 10.0 Å². The van der Waals surface area contributed by atoms with E-state index in [4.69, 9.17) is 4.42 Å². The molecule has 1 aromatic heterocycles. The van der Waals surface area contributed by atoms with E-state index in [2.05, 4.69) is 5.32 Å². The molecule has 2 aromatic rings. The van der Waals surface area contributed by atoms with Gasteiger partial charge in [0.1, 0.15) is 11.6 Å². The van der Waals surface area contributed by atoms with Crippen molar-refractivity contribution >= 4 is 27.7 Å². The van der Waals surface area contributed by atoms with Gasteiger partial charge in [-0.3, -0.25) is 4.79 Å². The van der Waals surface area contributed by atoms with Crippen molar-refractivity contribution in [3.8, 4) is 0 Å². The molecule has 29 heavy (non-hydrogen) atoms. The monoisotopic (exact) mass is 421 g/mol. The highest BCUT2D eigenvalue weighted by Gasteiger charge is 2.27. The van der Waals surface area contributed by atoms with E-state index in [9.17, 15) is 17.6 Å². The molecule has 0 aliphatic carbocycles. The van der Waals surface area contributed by atoms with Gasteiger partial charge in [0.15, 0.2) is 0 Å². The van der Waals surface area contributed by atoms with Crippen molar-refractivity contribution in [2.75, 3.05) is 43.4 Å². The zero-order valence-corrected chi connectivity index (χ0v) is 16.8. The maximum Gasteiger partial charge on any atom is 0.244 e. The Morgan fingerprint density at radius 2 is 1.90 bits per heavy atom. The minimum Gasteiger partial charge on any atom is -0.465 e. The summed E-state index contributed by atoms with van der Waals surface area (Å²) >= 11 is 0. The van der Waals surface area contributed by atoms with Crippen LogP contribution in [0.15, 0.2) is 53.2 Å². The number of anilines is 1. The lowest BCUT2D eigenvalue weighted by Crippen LogP contribution is -2.49. The van der Waals surface area contributed by atoms with Gasteiger partial charge in [-0.1, -0.05) is 12.1 Å². The van der Waals surface area contributed by atoms with Crippen molar-refractivity contribution in [2.24, 2.45) is 0 Å². The molecule has 156 valence electrons. The predicted molar refractivity (Wildman–Crippen MR) is 109 cm³/mol. The molecule has 0 bridgehead atoms. The first-order chi connectivity index (χ1) is 14.0. The number of carbonyl (C=O) groups excluding carboxylic acids is 1. The fourth-order valence-electron chi connectivity index (χ4n) is 3.11. The van der Waals surface area contributed by atoms with Crippen LogP contribution in [0.25, 0.3) is 6.08 Å². The van der Waals surface area contributed by atoms with Crippen LogP contribution in [0.4, 0.5) is 10.1 Å². The number of piperazine rings is 1. The van der Waals surface area contributed by atoms with Gasteiger partial charge in [0, 0.05) is 38.8 Å². The Labute approximate surface area is 169 Å². The number of amides is 1. The largest absolute Gasteiger partial charge is 0.465 e. The van der Waals surface area contributed by atoms with Crippen molar-refractivity contribution in [3.63, 3.8) is 0 Å². The molecule has 7 nitrogen and oxygen atoms in total. The average molecular weight is 421 g/mol. The molecule has 3 rings (SSSR count). The summed E-state index contributed by atoms with van der Waals surface area (Å²) in [5.74, 6) is -0.0929. The molecule has 0 spiro atoms. The number of nitrogens with zero attached hydrogens (tertiary/aromatic N) is 2. The summed E-state index contributed by atoms with van der Waals surface area (Å²) in [6.45, 7) is 1.77. The minimum atomic E-state index is -3.42. The van der Waals surface area contributed by atoms with Crippen LogP contribution in [-0.4, -0.2) is 57.1 Å². The molecular formula is C20H24FN3O4S. The molecule has 9 heteroatoms. The fourth-order valence-corrected chi connectivity index (χ4v) is 4.60. The molecule has 1 aliphatic heterocycles. The van der Waals surface area contributed by atoms with Gasteiger partial charge in [-0.15, -0.1) is 0 Å². The number of halogens is 1. The molecule has 0 unspecified atom stereocenters. The Hall–Kier alpha value is -2.65. The van der Waals surface area contributed by atoms with Gasteiger partial charge in [0.2, 0.25) is 15.9 Å². The third-order valence-corrected chi connectivity index (χ3v) is 6.60. The minimum absolute atomic E-state index is 0.0467. The lowest BCUT2D eigenvalue weighted by molar-refractivity contribution is -0.116. The zero-order valence-electron chi connectivity index (χ0n) is 16.0. The Balaban J connectivity index is 1.40. The maximum absolute atomic E-state index is 13.9. The molecule has 0 saturated carbocycles. The number of furan rings is 1. The maximum atomic E-state index is 13.9. The first kappa shape index (κ1) is 21.1. The lowest BCUT2D eigenvalue weighted by atomic mass is 10.2. The smallest absolute Gasteiger partial charge is 0.244 e. The second-order valence-corrected chi connectivity index (χ2v) is 8.74. The van der Waals surface area contributed by atoms with Gasteiger partial charge in [-0.05, 0) is 36.8 Å². The van der Waals surface area contributed by atoms with E-state index in [1.165, 1.54) is 22.7 Å².